The molecule has 0 aromatic heterocycles. The van der Waals surface area contributed by atoms with Crippen molar-refractivity contribution >= 4 is 5.97 Å². The van der Waals surface area contributed by atoms with Crippen molar-refractivity contribution in [1.29, 1.82) is 0 Å². The first-order valence-corrected chi connectivity index (χ1v) is 8.31. The molecule has 1 heterocycles. The Balaban J connectivity index is 2.35. The number of carbonyl (C=O) groups is 1. The number of likely N-dealkylation sites (tertiary alicyclic amines) is 1. The first-order chi connectivity index (χ1) is 10.9. The molecule has 1 aromatic rings. The zero-order valence-electron chi connectivity index (χ0n) is 15.3. The molecule has 0 radical (unpaired) electrons. The molecule has 0 bridgehead atoms. The summed E-state index contributed by atoms with van der Waals surface area (Å²) in [6, 6.07) is 3.56. The Morgan fingerprint density at radius 1 is 1.12 bits per heavy atom. The van der Waals surface area contributed by atoms with E-state index in [1.165, 1.54) is 12.1 Å². The molecular formula is C19H27F2NO2. The van der Waals surface area contributed by atoms with Gasteiger partial charge in [-0.25, -0.2) is 8.78 Å². The van der Waals surface area contributed by atoms with Crippen molar-refractivity contribution in [2.45, 2.75) is 58.6 Å². The van der Waals surface area contributed by atoms with Crippen LogP contribution in [-0.4, -0.2) is 35.1 Å². The van der Waals surface area contributed by atoms with Crippen LogP contribution in [0.3, 0.4) is 0 Å². The van der Waals surface area contributed by atoms with Crippen molar-refractivity contribution in [3.63, 3.8) is 0 Å². The van der Waals surface area contributed by atoms with Crippen molar-refractivity contribution in [3.8, 4) is 0 Å². The molecule has 3 nitrogen and oxygen atoms in total. The van der Waals surface area contributed by atoms with Gasteiger partial charge in [-0.15, -0.1) is 0 Å². The van der Waals surface area contributed by atoms with Crippen LogP contribution in [0.25, 0.3) is 0 Å². The number of halogens is 2. The maximum atomic E-state index is 14.3. The third-order valence-corrected chi connectivity index (χ3v) is 4.34. The smallest absolute Gasteiger partial charge is 0.311 e. The Morgan fingerprint density at radius 2 is 1.75 bits per heavy atom. The molecule has 0 saturated carbocycles. The van der Waals surface area contributed by atoms with Crippen molar-refractivity contribution in [2.24, 2.45) is 5.92 Å². The number of hydrogen-bond donors (Lipinski definition) is 0. The number of hydrogen-bond acceptors (Lipinski definition) is 3. The predicted octanol–water partition coefficient (Wildman–Crippen LogP) is 4.12. The lowest BCUT2D eigenvalue weighted by Gasteiger charge is -2.31. The lowest BCUT2D eigenvalue weighted by atomic mass is 9.88. The zero-order valence-corrected chi connectivity index (χ0v) is 15.3. The highest BCUT2D eigenvalue weighted by Gasteiger charge is 2.44. The van der Waals surface area contributed by atoms with Crippen molar-refractivity contribution in [2.75, 3.05) is 13.1 Å². The maximum absolute atomic E-state index is 14.3. The number of benzene rings is 1. The monoisotopic (exact) mass is 339 g/mol. The summed E-state index contributed by atoms with van der Waals surface area (Å²) >= 11 is 0. The van der Waals surface area contributed by atoms with Gasteiger partial charge in [0.05, 0.1) is 5.92 Å². The van der Waals surface area contributed by atoms with Crippen LogP contribution in [0.1, 0.15) is 53.0 Å². The largest absolute Gasteiger partial charge is 0.460 e. The summed E-state index contributed by atoms with van der Waals surface area (Å²) in [7, 11) is 0. The molecule has 0 aliphatic carbocycles. The van der Waals surface area contributed by atoms with Gasteiger partial charge < -0.3 is 4.74 Å². The van der Waals surface area contributed by atoms with Crippen LogP contribution in [0.5, 0.6) is 0 Å². The average molecular weight is 339 g/mol. The van der Waals surface area contributed by atoms with Gasteiger partial charge >= 0.3 is 5.97 Å². The normalized spacial score (nSPS) is 22.7. The molecule has 1 saturated heterocycles. The van der Waals surface area contributed by atoms with Gasteiger partial charge in [0.25, 0.3) is 0 Å². The summed E-state index contributed by atoms with van der Waals surface area (Å²) in [4.78, 5) is 14.8. The van der Waals surface area contributed by atoms with Crippen molar-refractivity contribution in [3.05, 3.63) is 35.4 Å². The molecule has 0 amide bonds. The Morgan fingerprint density at radius 3 is 2.25 bits per heavy atom. The van der Waals surface area contributed by atoms with Crippen LogP contribution in [-0.2, 0) is 9.53 Å². The van der Waals surface area contributed by atoms with Gasteiger partial charge in [0.2, 0.25) is 0 Å². The quantitative estimate of drug-likeness (QED) is 0.759. The molecule has 2 atom stereocenters. The molecule has 0 unspecified atom stereocenters. The number of nitrogens with zero attached hydrogens (tertiary/aromatic N) is 1. The highest BCUT2D eigenvalue weighted by atomic mass is 19.1. The fraction of sp³-hybridized carbons (Fsp3) is 0.632. The second-order valence-corrected chi connectivity index (χ2v) is 8.49. The molecule has 134 valence electrons. The van der Waals surface area contributed by atoms with Gasteiger partial charge in [-0.05, 0) is 53.2 Å². The highest BCUT2D eigenvalue weighted by Crippen LogP contribution is 2.38. The van der Waals surface area contributed by atoms with E-state index < -0.39 is 23.2 Å². The minimum absolute atomic E-state index is 0.147. The molecule has 1 aromatic carbocycles. The van der Waals surface area contributed by atoms with Gasteiger partial charge in [0.15, 0.2) is 0 Å². The second-order valence-electron chi connectivity index (χ2n) is 8.49. The molecule has 1 aliphatic heterocycles. The van der Waals surface area contributed by atoms with E-state index in [0.29, 0.717) is 18.7 Å². The summed E-state index contributed by atoms with van der Waals surface area (Å²) in [5.74, 6) is -2.37. The molecule has 24 heavy (non-hydrogen) atoms. The van der Waals surface area contributed by atoms with Crippen molar-refractivity contribution in [1.82, 2.24) is 4.90 Å². The van der Waals surface area contributed by atoms with E-state index in [4.69, 9.17) is 4.74 Å². The van der Waals surface area contributed by atoms with E-state index in [1.54, 1.807) is 0 Å². The average Bonchev–Trinajstić information content (AvgIpc) is 2.81. The van der Waals surface area contributed by atoms with E-state index in [1.807, 2.05) is 20.8 Å². The van der Waals surface area contributed by atoms with Gasteiger partial charge in [0.1, 0.15) is 17.2 Å². The van der Waals surface area contributed by atoms with Crippen LogP contribution in [0.2, 0.25) is 0 Å². The van der Waals surface area contributed by atoms with E-state index in [9.17, 15) is 13.6 Å². The second kappa shape index (κ2) is 6.43. The fourth-order valence-corrected chi connectivity index (χ4v) is 3.09. The molecule has 0 N–H and O–H groups in total. The molecule has 1 aliphatic rings. The molecular weight excluding hydrogens is 312 g/mol. The maximum Gasteiger partial charge on any atom is 0.311 e. The Labute approximate surface area is 143 Å². The summed E-state index contributed by atoms with van der Waals surface area (Å²) < 4.78 is 33.1. The zero-order chi connectivity index (χ0) is 18.3. The van der Waals surface area contributed by atoms with E-state index in [-0.39, 0.29) is 17.4 Å². The van der Waals surface area contributed by atoms with Crippen LogP contribution in [0.15, 0.2) is 18.2 Å². The third kappa shape index (κ3) is 4.32. The number of esters is 1. The topological polar surface area (TPSA) is 29.5 Å². The van der Waals surface area contributed by atoms with Gasteiger partial charge in [-0.1, -0.05) is 6.07 Å². The fourth-order valence-electron chi connectivity index (χ4n) is 3.09. The van der Waals surface area contributed by atoms with Gasteiger partial charge in [-0.2, -0.15) is 0 Å². The minimum atomic E-state index is -0.615. The summed E-state index contributed by atoms with van der Waals surface area (Å²) in [6.07, 6.45) is 0. The first kappa shape index (κ1) is 18.8. The third-order valence-electron chi connectivity index (χ3n) is 4.34. The molecule has 2 rings (SSSR count). The molecule has 5 heteroatoms. The lowest BCUT2D eigenvalue weighted by Crippen LogP contribution is -2.40. The van der Waals surface area contributed by atoms with E-state index in [2.05, 4.69) is 25.7 Å². The number of carbonyl (C=O) groups excluding carboxylic acids is 1. The predicted molar refractivity (Wildman–Crippen MR) is 89.8 cm³/mol. The summed E-state index contributed by atoms with van der Waals surface area (Å²) in [6.45, 7) is 12.7. The van der Waals surface area contributed by atoms with Crippen LogP contribution < -0.4 is 0 Å². The van der Waals surface area contributed by atoms with Gasteiger partial charge in [0, 0.05) is 30.6 Å². The number of rotatable bonds is 2. The summed E-state index contributed by atoms with van der Waals surface area (Å²) in [5.41, 5.74) is -0.372. The van der Waals surface area contributed by atoms with Crippen molar-refractivity contribution < 1.29 is 18.3 Å². The Kier molecular flexibility index (Phi) is 5.05. The molecule has 1 fully saturated rings. The van der Waals surface area contributed by atoms with Crippen LogP contribution in [0.4, 0.5) is 8.78 Å². The standard InChI is InChI=1S/C19H27F2NO2/c1-18(2,3)22-10-14(13-8-7-12(20)9-16(13)21)15(11-22)17(23)24-19(4,5)6/h7-9,14-15H,10-11H2,1-6H3/t14-,15+/m0/s1. The Hall–Kier alpha value is -1.49. The van der Waals surface area contributed by atoms with E-state index >= 15 is 0 Å². The van der Waals surface area contributed by atoms with E-state index in [0.717, 1.165) is 6.07 Å². The van der Waals surface area contributed by atoms with Gasteiger partial charge in [-0.3, -0.25) is 9.69 Å². The van der Waals surface area contributed by atoms with Crippen LogP contribution >= 0.6 is 0 Å². The molecule has 0 spiro atoms. The number of ether oxygens (including phenoxy) is 1. The Bertz CT molecular complexity index is 617. The minimum Gasteiger partial charge on any atom is -0.460 e. The highest BCUT2D eigenvalue weighted by molar-refractivity contribution is 5.75. The summed E-state index contributed by atoms with van der Waals surface area (Å²) in [5, 5.41) is 0. The first-order valence-electron chi connectivity index (χ1n) is 8.31. The SMILES string of the molecule is CC(C)(C)OC(=O)[C@@H]1CN(C(C)(C)C)C[C@H]1c1ccc(F)cc1F. The van der Waals surface area contributed by atoms with Crippen LogP contribution in [0, 0.1) is 17.6 Å². The lowest BCUT2D eigenvalue weighted by molar-refractivity contribution is -0.160.